The average Bonchev–Trinajstić information content (AvgIpc) is 3.29. The van der Waals surface area contributed by atoms with Gasteiger partial charge in [-0.25, -0.2) is 0 Å². The molecule has 0 aliphatic heterocycles. The Hall–Kier alpha value is -3.54. The lowest BCUT2D eigenvalue weighted by atomic mass is 9.87. The van der Waals surface area contributed by atoms with Crippen molar-refractivity contribution in [2.45, 2.75) is 227 Å². The van der Waals surface area contributed by atoms with E-state index in [1.54, 1.807) is 26.2 Å². The van der Waals surface area contributed by atoms with Gasteiger partial charge in [0.15, 0.2) is 6.10 Å². The van der Waals surface area contributed by atoms with E-state index in [4.69, 9.17) is 18.9 Å². The summed E-state index contributed by atoms with van der Waals surface area (Å²) in [5.74, 6) is -3.01. The van der Waals surface area contributed by atoms with Gasteiger partial charge in [0.25, 0.3) is 0 Å². The number of nitrogens with zero attached hydrogens (tertiary/aromatic N) is 1. The topological polar surface area (TPSA) is 167 Å². The highest BCUT2D eigenvalue weighted by molar-refractivity contribution is 5.82. The number of hydrogen-bond donors (Lipinski definition) is 2. The Balaban J connectivity index is 2.92. The van der Waals surface area contributed by atoms with E-state index in [0.29, 0.717) is 6.42 Å². The van der Waals surface area contributed by atoms with Crippen LogP contribution < -0.4 is 5.32 Å². The molecule has 0 aliphatic carbocycles. The Kier molecular flexibility index (Phi) is 34.4. The molecule has 0 spiro atoms. The lowest BCUT2D eigenvalue weighted by Crippen LogP contribution is -2.46. The van der Waals surface area contributed by atoms with Crippen LogP contribution in [0.2, 0.25) is 0 Å². The second-order valence-corrected chi connectivity index (χ2v) is 18.5. The van der Waals surface area contributed by atoms with Crippen LogP contribution in [0.25, 0.3) is 0 Å². The van der Waals surface area contributed by atoms with Gasteiger partial charge in [0, 0.05) is 30.8 Å². The summed E-state index contributed by atoms with van der Waals surface area (Å²) in [5.41, 5.74) is -0.155. The van der Waals surface area contributed by atoms with Crippen LogP contribution in [-0.2, 0) is 49.3 Å². The van der Waals surface area contributed by atoms with Crippen LogP contribution in [-0.4, -0.2) is 78.4 Å². The maximum atomic E-state index is 13.8. The van der Waals surface area contributed by atoms with Crippen molar-refractivity contribution < 1.29 is 48.0 Å². The molecule has 0 radical (unpaired) electrons. The first-order valence-corrected chi connectivity index (χ1v) is 25.4. The number of rotatable bonds is 41. The number of carbonyl (C=O) groups excluding carboxylic acids is 5. The third-order valence-corrected chi connectivity index (χ3v) is 12.0. The number of ether oxygens (including phenoxy) is 4. The minimum Gasteiger partial charge on any atom is -0.465 e. The molecule has 3 unspecified atom stereocenters. The van der Waals surface area contributed by atoms with Gasteiger partial charge in [-0.1, -0.05) is 170 Å². The number of nitrogens with one attached hydrogen (secondary N) is 1. The molecule has 64 heavy (non-hydrogen) atoms. The summed E-state index contributed by atoms with van der Waals surface area (Å²) in [5, 5.41) is 13.4. The van der Waals surface area contributed by atoms with Gasteiger partial charge in [-0.15, -0.1) is 0 Å². The molecular formula is C52H90N2O10. The highest BCUT2D eigenvalue weighted by Crippen LogP contribution is 2.24. The first kappa shape index (κ1) is 58.5. The molecule has 0 aromatic carbocycles. The molecule has 2 N–H and O–H groups in total. The van der Waals surface area contributed by atoms with E-state index in [-0.39, 0.29) is 63.0 Å². The molecule has 12 nitrogen and oxygen atoms in total. The zero-order valence-electron chi connectivity index (χ0n) is 41.1. The fourth-order valence-electron chi connectivity index (χ4n) is 7.62. The van der Waals surface area contributed by atoms with E-state index in [1.165, 1.54) is 38.5 Å². The van der Waals surface area contributed by atoms with Crippen molar-refractivity contribution in [3.8, 4) is 0 Å². The molecular weight excluding hydrogens is 813 g/mol. The lowest BCUT2D eigenvalue weighted by Gasteiger charge is -2.29. The van der Waals surface area contributed by atoms with E-state index in [9.17, 15) is 29.1 Å². The quantitative estimate of drug-likeness (QED) is 0.0364. The minimum absolute atomic E-state index is 0.119. The number of aryl methyl sites for hydroxylation is 1. The fraction of sp³-hybridized carbons (Fsp3) is 0.808. The van der Waals surface area contributed by atoms with Gasteiger partial charge in [-0.2, -0.15) is 0 Å². The number of hydrogen-bond acceptors (Lipinski definition) is 11. The van der Waals surface area contributed by atoms with E-state index in [2.05, 4.69) is 38.0 Å². The Morgan fingerprint density at radius 2 is 1.03 bits per heavy atom. The number of aliphatic hydroxyl groups excluding tert-OH is 1. The van der Waals surface area contributed by atoms with Crippen LogP contribution in [0.1, 0.15) is 214 Å². The molecule has 0 fully saturated rings. The van der Waals surface area contributed by atoms with Crippen LogP contribution >= 0.6 is 0 Å². The molecule has 0 aliphatic rings. The fourth-order valence-corrected chi connectivity index (χ4v) is 7.62. The number of unbranched alkanes of at least 4 members (excludes halogenated alkanes) is 16. The van der Waals surface area contributed by atoms with Crippen molar-refractivity contribution >= 4 is 29.8 Å². The highest BCUT2D eigenvalue weighted by Gasteiger charge is 2.35. The number of amides is 1. The Labute approximate surface area is 387 Å². The summed E-state index contributed by atoms with van der Waals surface area (Å²) in [6.45, 7) is 11.1. The molecule has 0 saturated heterocycles. The van der Waals surface area contributed by atoms with Crippen LogP contribution in [0.15, 0.2) is 24.5 Å². The van der Waals surface area contributed by atoms with Crippen molar-refractivity contribution in [2.75, 3.05) is 26.4 Å². The smallest absolute Gasteiger partial charge is 0.309 e. The van der Waals surface area contributed by atoms with Crippen molar-refractivity contribution in [1.29, 1.82) is 0 Å². The number of carbonyl (C=O) groups is 5. The lowest BCUT2D eigenvalue weighted by molar-refractivity contribution is -0.171. The molecule has 368 valence electrons. The van der Waals surface area contributed by atoms with E-state index >= 15 is 0 Å². The summed E-state index contributed by atoms with van der Waals surface area (Å²) < 4.78 is 22.9. The first-order valence-electron chi connectivity index (χ1n) is 25.4. The second-order valence-electron chi connectivity index (χ2n) is 18.5. The molecule has 1 amide bonds. The Bertz CT molecular complexity index is 1370. The second kappa shape index (κ2) is 37.7. The summed E-state index contributed by atoms with van der Waals surface area (Å²) in [7, 11) is 0. The SMILES string of the molecule is CCCCCCCCC(CCCCCC)C(=O)OCC(COC(=O)CCNC(=O)[C@H](O)C(C)(C)COC(=O)CCc1ccncc1)OC(=O)C(CCCCCC)CCCCCCCC. The predicted molar refractivity (Wildman–Crippen MR) is 253 cm³/mol. The first-order chi connectivity index (χ1) is 30.9. The standard InChI is InChI=1S/C52H90N2O10/c1-7-11-15-19-21-25-28-43(27-23-17-13-9-3)50(59)62-40-45(64-51(60)44(29-24-18-14-10-4)30-26-22-20-16-12-8-2)39-61-47(56)35-38-54-49(58)48(57)52(5,6)41-63-46(55)32-31-42-33-36-53-37-34-42/h33-34,36-37,43-45,48,57H,7-32,35,38-41H2,1-6H3,(H,54,58)/t43?,44?,45?,48-/m0/s1. The predicted octanol–water partition coefficient (Wildman–Crippen LogP) is 11.1. The van der Waals surface area contributed by atoms with Crippen molar-refractivity contribution in [3.63, 3.8) is 0 Å². The summed E-state index contributed by atoms with van der Waals surface area (Å²) in [6.07, 6.45) is 26.0. The molecule has 1 rings (SSSR count). The molecule has 1 aromatic heterocycles. The summed E-state index contributed by atoms with van der Waals surface area (Å²) in [6, 6.07) is 3.64. The number of pyridine rings is 1. The number of esters is 4. The van der Waals surface area contributed by atoms with Crippen molar-refractivity contribution in [1.82, 2.24) is 10.3 Å². The maximum absolute atomic E-state index is 13.8. The normalized spacial score (nSPS) is 13.4. The largest absolute Gasteiger partial charge is 0.465 e. The zero-order valence-corrected chi connectivity index (χ0v) is 41.1. The number of aromatic nitrogens is 1. The zero-order chi connectivity index (χ0) is 47.3. The monoisotopic (exact) mass is 903 g/mol. The van der Waals surface area contributed by atoms with E-state index in [0.717, 1.165) is 121 Å². The van der Waals surface area contributed by atoms with Crippen LogP contribution in [0.4, 0.5) is 0 Å². The third kappa shape index (κ3) is 29.1. The van der Waals surface area contributed by atoms with Crippen molar-refractivity contribution in [3.05, 3.63) is 30.1 Å². The molecule has 4 atom stereocenters. The molecule has 1 aromatic rings. The number of aliphatic hydroxyl groups is 1. The van der Waals surface area contributed by atoms with Gasteiger partial charge in [-0.3, -0.25) is 29.0 Å². The summed E-state index contributed by atoms with van der Waals surface area (Å²) in [4.78, 5) is 69.7. The van der Waals surface area contributed by atoms with Crippen LogP contribution in [0.3, 0.4) is 0 Å². The molecule has 12 heteroatoms. The minimum atomic E-state index is -1.52. The Morgan fingerprint density at radius 1 is 0.594 bits per heavy atom. The van der Waals surface area contributed by atoms with Gasteiger partial charge >= 0.3 is 23.9 Å². The maximum Gasteiger partial charge on any atom is 0.309 e. The van der Waals surface area contributed by atoms with Gasteiger partial charge < -0.3 is 29.4 Å². The van der Waals surface area contributed by atoms with Crippen molar-refractivity contribution in [2.24, 2.45) is 17.3 Å². The highest BCUT2D eigenvalue weighted by atomic mass is 16.6. The van der Waals surface area contributed by atoms with Crippen LogP contribution in [0, 0.1) is 17.3 Å². The van der Waals surface area contributed by atoms with Gasteiger partial charge in [0.1, 0.15) is 19.3 Å². The third-order valence-electron chi connectivity index (χ3n) is 12.0. The van der Waals surface area contributed by atoms with Crippen LogP contribution in [0.5, 0.6) is 0 Å². The van der Waals surface area contributed by atoms with E-state index in [1.807, 2.05) is 12.1 Å². The molecule has 0 saturated carbocycles. The molecule has 1 heterocycles. The Morgan fingerprint density at radius 3 is 1.55 bits per heavy atom. The summed E-state index contributed by atoms with van der Waals surface area (Å²) >= 11 is 0. The van der Waals surface area contributed by atoms with E-state index < -0.39 is 35.5 Å². The molecule has 0 bridgehead atoms. The van der Waals surface area contributed by atoms with Gasteiger partial charge in [0.2, 0.25) is 5.91 Å². The van der Waals surface area contributed by atoms with Gasteiger partial charge in [0.05, 0.1) is 24.9 Å². The average molecular weight is 903 g/mol. The van der Waals surface area contributed by atoms with Gasteiger partial charge in [-0.05, 0) is 49.8 Å².